The molecule has 1 aliphatic heterocycles. The predicted molar refractivity (Wildman–Crippen MR) is 118 cm³/mol. The lowest BCUT2D eigenvalue weighted by atomic mass is 10.00. The third-order valence-electron chi connectivity index (χ3n) is 5.32. The first-order valence-corrected chi connectivity index (χ1v) is 11.1. The molecule has 0 spiro atoms. The van der Waals surface area contributed by atoms with Gasteiger partial charge in [0.05, 0.1) is 0 Å². The van der Waals surface area contributed by atoms with E-state index >= 15 is 0 Å². The molecule has 0 unspecified atom stereocenters. The molecular weight excluding hydrogens is 412 g/mol. The van der Waals surface area contributed by atoms with E-state index in [4.69, 9.17) is 9.47 Å². The lowest BCUT2D eigenvalue weighted by Crippen LogP contribution is -2.56. The van der Waals surface area contributed by atoms with Crippen LogP contribution in [0.3, 0.4) is 0 Å². The topological polar surface area (TPSA) is 111 Å². The maximum Gasteiger partial charge on any atom is 0.329 e. The molecule has 0 radical (unpaired) electrons. The van der Waals surface area contributed by atoms with Crippen LogP contribution in [0.1, 0.15) is 47.1 Å². The molecule has 2 amide bonds. The number of amides is 2. The Morgan fingerprint density at radius 3 is 1.72 bits per heavy atom. The molecule has 32 heavy (non-hydrogen) atoms. The van der Waals surface area contributed by atoms with E-state index in [9.17, 15) is 19.2 Å². The van der Waals surface area contributed by atoms with Crippen LogP contribution in [0, 0.1) is 17.8 Å². The van der Waals surface area contributed by atoms with E-state index in [1.807, 2.05) is 30.3 Å². The quantitative estimate of drug-likeness (QED) is 0.670. The molecule has 0 saturated carbocycles. The van der Waals surface area contributed by atoms with Crippen LogP contribution in [-0.2, 0) is 35.1 Å². The summed E-state index contributed by atoms with van der Waals surface area (Å²) < 4.78 is 11.1. The SMILES string of the molecule is CC(C)[C@@H]1NC(=O)[C@@H](C(C)C)OC(=O)[C@H](Cc2ccccc2)NC(=O)[C@@H](C(C)C)OC1=O. The van der Waals surface area contributed by atoms with Crippen LogP contribution in [-0.4, -0.2) is 48.0 Å². The first-order valence-electron chi connectivity index (χ1n) is 11.1. The van der Waals surface area contributed by atoms with Crippen LogP contribution in [0.4, 0.5) is 0 Å². The van der Waals surface area contributed by atoms with Crippen molar-refractivity contribution in [3.05, 3.63) is 35.9 Å². The van der Waals surface area contributed by atoms with E-state index < -0.39 is 48.0 Å². The van der Waals surface area contributed by atoms with Gasteiger partial charge in [0.2, 0.25) is 0 Å². The van der Waals surface area contributed by atoms with E-state index in [2.05, 4.69) is 10.6 Å². The van der Waals surface area contributed by atoms with E-state index in [0.29, 0.717) is 0 Å². The maximum absolute atomic E-state index is 13.1. The zero-order chi connectivity index (χ0) is 24.0. The normalized spacial score (nSPS) is 25.5. The highest BCUT2D eigenvalue weighted by molar-refractivity contribution is 5.93. The summed E-state index contributed by atoms with van der Waals surface area (Å²) in [7, 11) is 0. The molecule has 8 nitrogen and oxygen atoms in total. The van der Waals surface area contributed by atoms with Crippen molar-refractivity contribution >= 4 is 23.8 Å². The predicted octanol–water partition coefficient (Wildman–Crippen LogP) is 2.00. The smallest absolute Gasteiger partial charge is 0.329 e. The number of esters is 2. The first-order chi connectivity index (χ1) is 15.0. The van der Waals surface area contributed by atoms with Gasteiger partial charge in [-0.15, -0.1) is 0 Å². The number of cyclic esters (lactones) is 2. The standard InChI is InChI=1S/C24H34N2O6/c1-13(2)18-24(30)32-19(14(3)4)21(27)25-17(12-16-10-8-7-9-11-16)23(29)31-20(15(5)6)22(28)26-18/h7-11,13-15,17-20H,12H2,1-6H3,(H,25,27)(H,26,28)/t17-,18-,19+,20+/m0/s1. The van der Waals surface area contributed by atoms with E-state index in [0.717, 1.165) is 5.56 Å². The van der Waals surface area contributed by atoms with E-state index in [1.165, 1.54) is 0 Å². The van der Waals surface area contributed by atoms with Gasteiger partial charge in [0.1, 0.15) is 12.1 Å². The number of carbonyl (C=O) groups is 4. The Kier molecular flexibility index (Phi) is 8.80. The van der Waals surface area contributed by atoms with Gasteiger partial charge in [-0.3, -0.25) is 9.59 Å². The number of benzene rings is 1. The van der Waals surface area contributed by atoms with Gasteiger partial charge in [-0.1, -0.05) is 71.9 Å². The molecule has 1 saturated heterocycles. The molecule has 1 fully saturated rings. The Morgan fingerprint density at radius 2 is 1.22 bits per heavy atom. The van der Waals surface area contributed by atoms with Crippen LogP contribution in [0.15, 0.2) is 30.3 Å². The second-order valence-corrected chi connectivity index (χ2v) is 9.18. The molecule has 1 heterocycles. The van der Waals surface area contributed by atoms with Gasteiger partial charge in [-0.25, -0.2) is 9.59 Å². The van der Waals surface area contributed by atoms with Crippen molar-refractivity contribution in [2.24, 2.45) is 17.8 Å². The van der Waals surface area contributed by atoms with Crippen molar-refractivity contribution in [1.82, 2.24) is 10.6 Å². The summed E-state index contributed by atoms with van der Waals surface area (Å²) in [5.41, 5.74) is 0.811. The van der Waals surface area contributed by atoms with Crippen LogP contribution in [0.5, 0.6) is 0 Å². The Morgan fingerprint density at radius 1 is 0.719 bits per heavy atom. The van der Waals surface area contributed by atoms with Crippen LogP contribution in [0.25, 0.3) is 0 Å². The maximum atomic E-state index is 13.1. The van der Waals surface area contributed by atoms with Gasteiger partial charge in [-0.2, -0.15) is 0 Å². The summed E-state index contributed by atoms with van der Waals surface area (Å²) >= 11 is 0. The Balaban J connectivity index is 2.44. The number of carbonyl (C=O) groups excluding carboxylic acids is 4. The highest BCUT2D eigenvalue weighted by Gasteiger charge is 2.39. The summed E-state index contributed by atoms with van der Waals surface area (Å²) in [4.78, 5) is 51.9. The molecule has 2 N–H and O–H groups in total. The Labute approximate surface area is 189 Å². The third-order valence-corrected chi connectivity index (χ3v) is 5.32. The minimum atomic E-state index is -1.12. The van der Waals surface area contributed by atoms with Crippen LogP contribution >= 0.6 is 0 Å². The molecular formula is C24H34N2O6. The minimum absolute atomic E-state index is 0.172. The fourth-order valence-corrected chi connectivity index (χ4v) is 3.42. The van der Waals surface area contributed by atoms with Crippen LogP contribution in [0.2, 0.25) is 0 Å². The summed E-state index contributed by atoms with van der Waals surface area (Å²) in [5.74, 6) is -3.55. The van der Waals surface area contributed by atoms with Gasteiger partial charge in [-0.05, 0) is 23.3 Å². The summed E-state index contributed by atoms with van der Waals surface area (Å²) in [6.45, 7) is 10.5. The lowest BCUT2D eigenvalue weighted by molar-refractivity contribution is -0.169. The molecule has 1 aliphatic rings. The minimum Gasteiger partial charge on any atom is -0.450 e. The van der Waals surface area contributed by atoms with Crippen LogP contribution < -0.4 is 10.6 Å². The van der Waals surface area contributed by atoms with Crippen molar-refractivity contribution < 1.29 is 28.7 Å². The average Bonchev–Trinajstić information content (AvgIpc) is 2.72. The van der Waals surface area contributed by atoms with Gasteiger partial charge < -0.3 is 20.1 Å². The third kappa shape index (κ3) is 6.55. The monoisotopic (exact) mass is 446 g/mol. The molecule has 0 aromatic heterocycles. The van der Waals surface area contributed by atoms with Gasteiger partial charge in [0, 0.05) is 6.42 Å². The molecule has 1 aromatic carbocycles. The molecule has 2 rings (SSSR count). The van der Waals surface area contributed by atoms with Crippen molar-refractivity contribution in [1.29, 1.82) is 0 Å². The fourth-order valence-electron chi connectivity index (χ4n) is 3.42. The molecule has 1 aromatic rings. The number of hydrogen-bond donors (Lipinski definition) is 2. The lowest BCUT2D eigenvalue weighted by Gasteiger charge is -2.31. The van der Waals surface area contributed by atoms with Crippen molar-refractivity contribution in [2.75, 3.05) is 0 Å². The van der Waals surface area contributed by atoms with Crippen molar-refractivity contribution in [2.45, 2.75) is 72.3 Å². The number of hydrogen-bond acceptors (Lipinski definition) is 6. The number of ether oxygens (including phenoxy) is 2. The molecule has 4 atom stereocenters. The molecule has 176 valence electrons. The molecule has 8 heteroatoms. The fraction of sp³-hybridized carbons (Fsp3) is 0.583. The van der Waals surface area contributed by atoms with Gasteiger partial charge >= 0.3 is 11.9 Å². The largest absolute Gasteiger partial charge is 0.450 e. The Bertz CT molecular complexity index is 815. The first kappa shape index (κ1) is 25.4. The second-order valence-electron chi connectivity index (χ2n) is 9.18. The summed E-state index contributed by atoms with van der Waals surface area (Å²) in [6, 6.07) is 7.14. The molecule has 0 bridgehead atoms. The van der Waals surface area contributed by atoms with Gasteiger partial charge in [0.25, 0.3) is 11.8 Å². The Hall–Kier alpha value is -2.90. The van der Waals surface area contributed by atoms with Gasteiger partial charge in [0.15, 0.2) is 12.2 Å². The van der Waals surface area contributed by atoms with E-state index in [-0.39, 0.29) is 24.2 Å². The second kappa shape index (κ2) is 11.1. The van der Waals surface area contributed by atoms with Crippen molar-refractivity contribution in [3.63, 3.8) is 0 Å². The molecule has 0 aliphatic carbocycles. The summed E-state index contributed by atoms with van der Waals surface area (Å²) in [5, 5.41) is 5.33. The highest BCUT2D eigenvalue weighted by atomic mass is 16.6. The average molecular weight is 447 g/mol. The van der Waals surface area contributed by atoms with E-state index in [1.54, 1.807) is 41.5 Å². The zero-order valence-electron chi connectivity index (χ0n) is 19.6. The zero-order valence-corrected chi connectivity index (χ0v) is 19.6. The number of rotatable bonds is 5. The summed E-state index contributed by atoms with van der Waals surface area (Å²) in [6.07, 6.45) is -2.07. The van der Waals surface area contributed by atoms with Crippen molar-refractivity contribution in [3.8, 4) is 0 Å². The highest BCUT2D eigenvalue weighted by Crippen LogP contribution is 2.17. The number of nitrogens with one attached hydrogen (secondary N) is 2.